The van der Waals surface area contributed by atoms with Gasteiger partial charge >= 0.3 is 0 Å². The van der Waals surface area contributed by atoms with Crippen molar-refractivity contribution in [2.45, 2.75) is 13.3 Å². The van der Waals surface area contributed by atoms with Crippen LogP contribution in [0.4, 0.5) is 0 Å². The van der Waals surface area contributed by atoms with E-state index in [9.17, 15) is 4.79 Å². The maximum Gasteiger partial charge on any atom is 0.159 e. The normalized spacial score (nSPS) is 21.0. The number of carbonyl (C=O) groups excluding carboxylic acids is 2. The lowest BCUT2D eigenvalue weighted by molar-refractivity contribution is -0.120. The van der Waals surface area contributed by atoms with Gasteiger partial charge in [-0.2, -0.15) is 0 Å². The second-order valence-corrected chi connectivity index (χ2v) is 2.43. The molecule has 0 amide bonds. The monoisotopic (exact) mass is 152 g/mol. The van der Waals surface area contributed by atoms with Crippen molar-refractivity contribution in [3.8, 4) is 0 Å². The standard InChI is InChI=1S/C6H8O.C3H4O/c1-4-3-6(7)5(4)2;1-2-3-4/h4H,2-3H2,1H3;2-3H,1H2. The number of aldehydes is 1. The lowest BCUT2D eigenvalue weighted by Crippen LogP contribution is -2.23. The van der Waals surface area contributed by atoms with E-state index in [1.54, 1.807) is 0 Å². The van der Waals surface area contributed by atoms with E-state index in [2.05, 4.69) is 13.2 Å². The Labute approximate surface area is 66.6 Å². The van der Waals surface area contributed by atoms with Crippen LogP contribution in [0.25, 0.3) is 0 Å². The van der Waals surface area contributed by atoms with Crippen LogP contribution >= 0.6 is 0 Å². The van der Waals surface area contributed by atoms with Gasteiger partial charge in [-0.05, 0) is 17.6 Å². The molecule has 0 heterocycles. The van der Waals surface area contributed by atoms with E-state index < -0.39 is 0 Å². The SMILES string of the molecule is C=C1C(=O)CC1C.C=CC=O. The molecule has 1 fully saturated rings. The number of rotatable bonds is 1. The van der Waals surface area contributed by atoms with E-state index in [1.165, 1.54) is 6.08 Å². The molecule has 0 aromatic rings. The van der Waals surface area contributed by atoms with Crippen molar-refractivity contribution in [3.05, 3.63) is 24.8 Å². The van der Waals surface area contributed by atoms with Gasteiger partial charge in [0.15, 0.2) is 5.78 Å². The first-order valence-electron chi connectivity index (χ1n) is 3.41. The summed E-state index contributed by atoms with van der Waals surface area (Å²) in [6, 6.07) is 0. The van der Waals surface area contributed by atoms with Crippen molar-refractivity contribution in [2.75, 3.05) is 0 Å². The summed E-state index contributed by atoms with van der Waals surface area (Å²) in [5, 5.41) is 0. The smallest absolute Gasteiger partial charge is 0.159 e. The molecule has 0 radical (unpaired) electrons. The van der Waals surface area contributed by atoms with Crippen molar-refractivity contribution in [1.29, 1.82) is 0 Å². The van der Waals surface area contributed by atoms with Crippen molar-refractivity contribution in [1.82, 2.24) is 0 Å². The number of Topliss-reactive ketones (excluding diaryl/α,β-unsaturated/α-hetero) is 1. The molecule has 1 rings (SSSR count). The lowest BCUT2D eigenvalue weighted by atomic mass is 9.81. The van der Waals surface area contributed by atoms with Gasteiger partial charge in [-0.15, -0.1) is 0 Å². The van der Waals surface area contributed by atoms with Gasteiger partial charge in [0.2, 0.25) is 0 Å². The molecule has 1 aliphatic rings. The van der Waals surface area contributed by atoms with Crippen LogP contribution in [0.5, 0.6) is 0 Å². The Kier molecular flexibility index (Phi) is 4.11. The fourth-order valence-electron chi connectivity index (χ4n) is 0.676. The molecule has 0 N–H and O–H groups in total. The maximum atomic E-state index is 10.3. The van der Waals surface area contributed by atoms with Gasteiger partial charge in [0, 0.05) is 6.42 Å². The third-order valence-corrected chi connectivity index (χ3v) is 1.54. The molecular weight excluding hydrogens is 140 g/mol. The van der Waals surface area contributed by atoms with E-state index in [4.69, 9.17) is 4.79 Å². The van der Waals surface area contributed by atoms with Gasteiger partial charge in [-0.25, -0.2) is 0 Å². The number of hydrogen-bond acceptors (Lipinski definition) is 2. The minimum absolute atomic E-state index is 0.243. The summed E-state index contributed by atoms with van der Waals surface area (Å²) in [6.45, 7) is 8.70. The predicted octanol–water partition coefficient (Wildman–Crippen LogP) is 1.52. The molecule has 0 aromatic heterocycles. The second-order valence-electron chi connectivity index (χ2n) is 2.43. The molecule has 2 nitrogen and oxygen atoms in total. The Morgan fingerprint density at radius 2 is 2.09 bits per heavy atom. The molecule has 1 atom stereocenters. The summed E-state index contributed by atoms with van der Waals surface area (Å²) in [4.78, 5) is 19.4. The van der Waals surface area contributed by atoms with Crippen LogP contribution in [-0.2, 0) is 9.59 Å². The first kappa shape index (κ1) is 9.82. The average molecular weight is 152 g/mol. The van der Waals surface area contributed by atoms with Crippen molar-refractivity contribution in [3.63, 3.8) is 0 Å². The molecule has 0 spiro atoms. The number of ketones is 1. The van der Waals surface area contributed by atoms with Gasteiger partial charge in [-0.1, -0.05) is 20.1 Å². The first-order valence-corrected chi connectivity index (χ1v) is 3.41. The molecule has 1 saturated carbocycles. The molecule has 2 heteroatoms. The highest BCUT2D eigenvalue weighted by Gasteiger charge is 2.26. The molecule has 1 unspecified atom stereocenters. The van der Waals surface area contributed by atoms with Crippen LogP contribution in [0, 0.1) is 5.92 Å². The summed E-state index contributed by atoms with van der Waals surface area (Å²) in [5.41, 5.74) is 0.806. The van der Waals surface area contributed by atoms with Crippen LogP contribution in [-0.4, -0.2) is 12.1 Å². The summed E-state index contributed by atoms with van der Waals surface area (Å²) in [7, 11) is 0. The molecule has 60 valence electrons. The minimum atomic E-state index is 0.243. The first-order chi connectivity index (χ1) is 5.13. The van der Waals surface area contributed by atoms with Crippen LogP contribution in [0.1, 0.15) is 13.3 Å². The number of carbonyl (C=O) groups is 2. The predicted molar refractivity (Wildman–Crippen MR) is 44.2 cm³/mol. The molecule has 0 aliphatic heterocycles. The van der Waals surface area contributed by atoms with Crippen LogP contribution in [0.3, 0.4) is 0 Å². The number of allylic oxidation sites excluding steroid dienone is 2. The van der Waals surface area contributed by atoms with Gasteiger partial charge in [0.1, 0.15) is 6.29 Å². The second kappa shape index (κ2) is 4.61. The highest BCUT2D eigenvalue weighted by molar-refractivity contribution is 6.01. The zero-order valence-electron chi connectivity index (χ0n) is 6.67. The Bertz CT molecular complexity index is 186. The molecule has 1 aliphatic carbocycles. The fraction of sp³-hybridized carbons (Fsp3) is 0.333. The topological polar surface area (TPSA) is 34.1 Å². The van der Waals surface area contributed by atoms with Crippen molar-refractivity contribution in [2.24, 2.45) is 5.92 Å². The van der Waals surface area contributed by atoms with Crippen LogP contribution in [0.2, 0.25) is 0 Å². The zero-order valence-corrected chi connectivity index (χ0v) is 6.67. The Morgan fingerprint density at radius 1 is 1.64 bits per heavy atom. The molecule has 0 saturated heterocycles. The summed E-state index contributed by atoms with van der Waals surface area (Å²) >= 11 is 0. The summed E-state index contributed by atoms with van der Waals surface area (Å²) in [5.74, 6) is 0.708. The van der Waals surface area contributed by atoms with Crippen LogP contribution < -0.4 is 0 Å². The highest BCUT2D eigenvalue weighted by atomic mass is 16.1. The highest BCUT2D eigenvalue weighted by Crippen LogP contribution is 2.26. The third kappa shape index (κ3) is 2.94. The van der Waals surface area contributed by atoms with E-state index in [1.807, 2.05) is 6.92 Å². The van der Waals surface area contributed by atoms with E-state index >= 15 is 0 Å². The quantitative estimate of drug-likeness (QED) is 0.421. The fourth-order valence-corrected chi connectivity index (χ4v) is 0.676. The van der Waals surface area contributed by atoms with Gasteiger partial charge in [-0.3, -0.25) is 9.59 Å². The van der Waals surface area contributed by atoms with E-state index in [-0.39, 0.29) is 5.78 Å². The maximum absolute atomic E-state index is 10.3. The van der Waals surface area contributed by atoms with Crippen molar-refractivity contribution < 1.29 is 9.59 Å². The van der Waals surface area contributed by atoms with Crippen LogP contribution in [0.15, 0.2) is 24.8 Å². The third-order valence-electron chi connectivity index (χ3n) is 1.54. The summed E-state index contributed by atoms with van der Waals surface area (Å²) < 4.78 is 0. The largest absolute Gasteiger partial charge is 0.299 e. The lowest BCUT2D eigenvalue weighted by Gasteiger charge is -2.21. The molecule has 11 heavy (non-hydrogen) atoms. The van der Waals surface area contributed by atoms with E-state index in [0.29, 0.717) is 12.2 Å². The molecule has 0 aromatic carbocycles. The van der Waals surface area contributed by atoms with Gasteiger partial charge < -0.3 is 0 Å². The van der Waals surface area contributed by atoms with Gasteiger partial charge in [0.05, 0.1) is 0 Å². The zero-order chi connectivity index (χ0) is 8.85. The molecular formula is C9H12O2. The Balaban J connectivity index is 0.000000218. The number of hydrogen-bond donors (Lipinski definition) is 0. The van der Waals surface area contributed by atoms with E-state index in [0.717, 1.165) is 12.0 Å². The van der Waals surface area contributed by atoms with Gasteiger partial charge in [0.25, 0.3) is 0 Å². The molecule has 0 bridgehead atoms. The summed E-state index contributed by atoms with van der Waals surface area (Å²) in [6.07, 6.45) is 2.55. The minimum Gasteiger partial charge on any atom is -0.299 e. The Hall–Kier alpha value is -1.18. The van der Waals surface area contributed by atoms with Crippen molar-refractivity contribution >= 4 is 12.1 Å². The average Bonchev–Trinajstić information content (AvgIpc) is 2.05. The Morgan fingerprint density at radius 3 is 2.09 bits per heavy atom.